The van der Waals surface area contributed by atoms with E-state index < -0.39 is 5.97 Å². The molecule has 0 saturated heterocycles. The van der Waals surface area contributed by atoms with Crippen LogP contribution in [0, 0.1) is 0 Å². The molecule has 0 amide bonds. The van der Waals surface area contributed by atoms with E-state index in [0.29, 0.717) is 13.0 Å². The molecule has 2 heterocycles. The Morgan fingerprint density at radius 3 is 2.92 bits per heavy atom. The van der Waals surface area contributed by atoms with Crippen molar-refractivity contribution >= 4 is 33.6 Å². The minimum Gasteiger partial charge on any atom is -0.497 e. The fourth-order valence-electron chi connectivity index (χ4n) is 4.03. The van der Waals surface area contributed by atoms with Gasteiger partial charge in [-0.15, -0.1) is 0 Å². The average Bonchev–Trinajstić information content (AvgIpc) is 2.95. The number of fused-ring (bicyclic) bond motifs is 4. The summed E-state index contributed by atoms with van der Waals surface area (Å²) in [6.45, 7) is 0.601. The van der Waals surface area contributed by atoms with Crippen LogP contribution in [0.2, 0.25) is 0 Å². The molecule has 1 aliphatic rings. The monoisotopic (exact) mass is 353 g/mol. The minimum absolute atomic E-state index is 0.137. The Hall–Kier alpha value is -2.76. The molecule has 0 saturated carbocycles. The molecule has 136 valence electrons. The Morgan fingerprint density at radius 2 is 2.15 bits per heavy atom. The second kappa shape index (κ2) is 6.52. The van der Waals surface area contributed by atoms with Gasteiger partial charge in [-0.3, -0.25) is 4.79 Å². The highest BCUT2D eigenvalue weighted by atomic mass is 16.5. The molecule has 3 aromatic rings. The zero-order valence-corrected chi connectivity index (χ0v) is 14.9. The third-order valence-corrected chi connectivity index (χ3v) is 5.29. The number of aryl methyl sites for hydroxylation is 2. The van der Waals surface area contributed by atoms with Gasteiger partial charge in [-0.05, 0) is 55.9 Å². The SMILES string of the molecule is COc1ccc2c(c1)c1c(N)c3c(nc1n2CCCC(=O)O)CCCC3. The number of aromatic nitrogens is 2. The maximum Gasteiger partial charge on any atom is 0.303 e. The van der Waals surface area contributed by atoms with Crippen LogP contribution in [-0.4, -0.2) is 27.7 Å². The molecule has 0 bridgehead atoms. The number of carboxylic acids is 1. The fraction of sp³-hybridized carbons (Fsp3) is 0.400. The second-order valence-electron chi connectivity index (χ2n) is 6.89. The minimum atomic E-state index is -0.780. The van der Waals surface area contributed by atoms with Gasteiger partial charge in [0.2, 0.25) is 0 Å². The van der Waals surface area contributed by atoms with E-state index in [1.807, 2.05) is 18.2 Å². The first-order valence-corrected chi connectivity index (χ1v) is 9.09. The number of nitrogen functional groups attached to an aromatic ring is 1. The summed E-state index contributed by atoms with van der Waals surface area (Å²) in [5, 5.41) is 11.0. The van der Waals surface area contributed by atoms with Crippen molar-refractivity contribution < 1.29 is 14.6 Å². The molecule has 0 atom stereocenters. The summed E-state index contributed by atoms with van der Waals surface area (Å²) in [5.41, 5.74) is 11.6. The number of methoxy groups -OCH3 is 1. The number of nitrogens with two attached hydrogens (primary N) is 1. The Labute approximate surface area is 151 Å². The summed E-state index contributed by atoms with van der Waals surface area (Å²) in [6.07, 6.45) is 4.90. The van der Waals surface area contributed by atoms with Crippen molar-refractivity contribution in [2.45, 2.75) is 45.1 Å². The van der Waals surface area contributed by atoms with E-state index in [1.165, 1.54) is 5.56 Å². The van der Waals surface area contributed by atoms with Gasteiger partial charge in [0.1, 0.15) is 11.4 Å². The number of pyridine rings is 1. The van der Waals surface area contributed by atoms with Crippen LogP contribution in [-0.2, 0) is 24.2 Å². The molecule has 0 radical (unpaired) electrons. The number of hydrogen-bond donors (Lipinski definition) is 2. The Morgan fingerprint density at radius 1 is 1.35 bits per heavy atom. The molecular weight excluding hydrogens is 330 g/mol. The van der Waals surface area contributed by atoms with Crippen LogP contribution in [0.4, 0.5) is 5.69 Å². The van der Waals surface area contributed by atoms with Crippen LogP contribution in [0.1, 0.15) is 36.9 Å². The van der Waals surface area contributed by atoms with Crippen molar-refractivity contribution in [2.24, 2.45) is 0 Å². The topological polar surface area (TPSA) is 90.4 Å². The highest BCUT2D eigenvalue weighted by Crippen LogP contribution is 2.38. The van der Waals surface area contributed by atoms with E-state index in [2.05, 4.69) is 4.57 Å². The number of carboxylic acid groups (broad SMARTS) is 1. The smallest absolute Gasteiger partial charge is 0.303 e. The van der Waals surface area contributed by atoms with Gasteiger partial charge in [-0.2, -0.15) is 0 Å². The highest BCUT2D eigenvalue weighted by Gasteiger charge is 2.22. The van der Waals surface area contributed by atoms with Gasteiger partial charge in [-0.25, -0.2) is 4.98 Å². The molecule has 2 aromatic heterocycles. The van der Waals surface area contributed by atoms with E-state index in [4.69, 9.17) is 20.6 Å². The third kappa shape index (κ3) is 2.66. The van der Waals surface area contributed by atoms with Gasteiger partial charge in [0, 0.05) is 29.7 Å². The van der Waals surface area contributed by atoms with Gasteiger partial charge in [-0.1, -0.05) is 0 Å². The third-order valence-electron chi connectivity index (χ3n) is 5.29. The molecular formula is C20H23N3O3. The van der Waals surface area contributed by atoms with Crippen LogP contribution in [0.25, 0.3) is 21.9 Å². The first kappa shape index (κ1) is 16.7. The van der Waals surface area contributed by atoms with Crippen molar-refractivity contribution in [3.63, 3.8) is 0 Å². The standard InChI is InChI=1S/C20H23N3O3/c1-26-12-8-9-16-14(11-12)18-19(21)13-5-2-3-6-15(13)22-20(18)23(16)10-4-7-17(24)25/h8-9,11H,2-7,10H2,1H3,(H2,21,22)(H,24,25). The predicted molar refractivity (Wildman–Crippen MR) is 102 cm³/mol. The molecule has 3 N–H and O–H groups in total. The number of anilines is 1. The van der Waals surface area contributed by atoms with Gasteiger partial charge in [0.15, 0.2) is 0 Å². The normalized spacial score (nSPS) is 13.9. The maximum atomic E-state index is 10.9. The molecule has 1 aliphatic carbocycles. The Kier molecular flexibility index (Phi) is 4.18. The molecule has 0 unspecified atom stereocenters. The number of benzene rings is 1. The molecule has 6 nitrogen and oxygen atoms in total. The first-order valence-electron chi connectivity index (χ1n) is 9.09. The Balaban J connectivity index is 1.97. The molecule has 0 fully saturated rings. The first-order chi connectivity index (χ1) is 12.6. The van der Waals surface area contributed by atoms with Crippen LogP contribution in [0.3, 0.4) is 0 Å². The van der Waals surface area contributed by atoms with Crippen LogP contribution in [0.5, 0.6) is 5.75 Å². The summed E-state index contributed by atoms with van der Waals surface area (Å²) in [6, 6.07) is 5.93. The maximum absolute atomic E-state index is 10.9. The Bertz CT molecular complexity index is 1010. The summed E-state index contributed by atoms with van der Waals surface area (Å²) < 4.78 is 7.51. The summed E-state index contributed by atoms with van der Waals surface area (Å²) in [5.74, 6) is -0.00324. The molecule has 0 aliphatic heterocycles. The van der Waals surface area contributed by atoms with E-state index in [1.54, 1.807) is 7.11 Å². The van der Waals surface area contributed by atoms with Crippen molar-refractivity contribution in [1.29, 1.82) is 0 Å². The number of hydrogen-bond acceptors (Lipinski definition) is 4. The average molecular weight is 353 g/mol. The van der Waals surface area contributed by atoms with Crippen molar-refractivity contribution in [2.75, 3.05) is 12.8 Å². The summed E-state index contributed by atoms with van der Waals surface area (Å²) >= 11 is 0. The lowest BCUT2D eigenvalue weighted by molar-refractivity contribution is -0.137. The van der Waals surface area contributed by atoms with E-state index in [0.717, 1.165) is 64.8 Å². The van der Waals surface area contributed by atoms with Gasteiger partial charge >= 0.3 is 5.97 Å². The van der Waals surface area contributed by atoms with Crippen molar-refractivity contribution in [3.8, 4) is 5.75 Å². The molecule has 1 aromatic carbocycles. The number of nitrogens with zero attached hydrogens (tertiary/aromatic N) is 2. The van der Waals surface area contributed by atoms with Crippen molar-refractivity contribution in [1.82, 2.24) is 9.55 Å². The molecule has 4 rings (SSSR count). The molecule has 6 heteroatoms. The fourth-order valence-corrected chi connectivity index (χ4v) is 4.03. The zero-order chi connectivity index (χ0) is 18.3. The van der Waals surface area contributed by atoms with Gasteiger partial charge in [0.05, 0.1) is 18.0 Å². The second-order valence-corrected chi connectivity index (χ2v) is 6.89. The quantitative estimate of drug-likeness (QED) is 0.732. The van der Waals surface area contributed by atoms with Crippen molar-refractivity contribution in [3.05, 3.63) is 29.5 Å². The summed E-state index contributed by atoms with van der Waals surface area (Å²) in [7, 11) is 1.65. The lowest BCUT2D eigenvalue weighted by atomic mass is 9.93. The summed E-state index contributed by atoms with van der Waals surface area (Å²) in [4.78, 5) is 15.9. The molecule has 26 heavy (non-hydrogen) atoms. The number of carbonyl (C=O) groups is 1. The largest absolute Gasteiger partial charge is 0.497 e. The zero-order valence-electron chi connectivity index (χ0n) is 14.9. The van der Waals surface area contributed by atoms with Gasteiger partial charge < -0.3 is 20.1 Å². The van der Waals surface area contributed by atoms with E-state index in [-0.39, 0.29) is 6.42 Å². The van der Waals surface area contributed by atoms with Crippen LogP contribution in [0.15, 0.2) is 18.2 Å². The number of aliphatic carboxylic acids is 1. The van der Waals surface area contributed by atoms with Crippen LogP contribution >= 0.6 is 0 Å². The molecule has 0 spiro atoms. The predicted octanol–water partition coefficient (Wildman–Crippen LogP) is 3.52. The number of rotatable bonds is 5. The van der Waals surface area contributed by atoms with E-state index in [9.17, 15) is 4.79 Å². The number of ether oxygens (including phenoxy) is 1. The van der Waals surface area contributed by atoms with Gasteiger partial charge in [0.25, 0.3) is 0 Å². The lowest BCUT2D eigenvalue weighted by Gasteiger charge is -2.18. The highest BCUT2D eigenvalue weighted by molar-refractivity contribution is 6.13. The van der Waals surface area contributed by atoms with Crippen LogP contribution < -0.4 is 10.5 Å². The van der Waals surface area contributed by atoms with E-state index >= 15 is 0 Å². The lowest BCUT2D eigenvalue weighted by Crippen LogP contribution is -2.10.